The van der Waals surface area contributed by atoms with Gasteiger partial charge < -0.3 is 15.5 Å². The van der Waals surface area contributed by atoms with E-state index in [9.17, 15) is 14.4 Å². The Balaban J connectivity index is 1.69. The number of hydrogen-bond donors (Lipinski definition) is 2. The molecule has 0 bridgehead atoms. The third-order valence-electron chi connectivity index (χ3n) is 4.66. The molecule has 3 amide bonds. The molecule has 2 N–H and O–H groups in total. The van der Waals surface area contributed by atoms with E-state index in [4.69, 9.17) is 0 Å². The largest absolute Gasteiger partial charge is 0.326 e. The molecular formula is C21H23N3O3. The van der Waals surface area contributed by atoms with Crippen LogP contribution in [-0.2, 0) is 14.4 Å². The summed E-state index contributed by atoms with van der Waals surface area (Å²) in [4.78, 5) is 37.9. The summed E-state index contributed by atoms with van der Waals surface area (Å²) in [6, 6.07) is 13.0. The monoisotopic (exact) mass is 365 g/mol. The van der Waals surface area contributed by atoms with E-state index in [1.54, 1.807) is 17.0 Å². The first-order chi connectivity index (χ1) is 12.8. The molecule has 2 aromatic carbocycles. The second-order valence-electron chi connectivity index (χ2n) is 6.94. The first-order valence-corrected chi connectivity index (χ1v) is 8.89. The van der Waals surface area contributed by atoms with Crippen LogP contribution in [0, 0.1) is 19.8 Å². The first kappa shape index (κ1) is 18.6. The van der Waals surface area contributed by atoms with Crippen molar-refractivity contribution in [1.82, 2.24) is 0 Å². The summed E-state index contributed by atoms with van der Waals surface area (Å²) in [6.45, 7) is 5.67. The fourth-order valence-electron chi connectivity index (χ4n) is 3.13. The number of aryl methyl sites for hydroxylation is 2. The number of hydrogen-bond acceptors (Lipinski definition) is 3. The van der Waals surface area contributed by atoms with E-state index >= 15 is 0 Å². The van der Waals surface area contributed by atoms with Crippen LogP contribution >= 0.6 is 0 Å². The topological polar surface area (TPSA) is 78.5 Å². The van der Waals surface area contributed by atoms with Gasteiger partial charge in [0.25, 0.3) is 0 Å². The summed E-state index contributed by atoms with van der Waals surface area (Å²) >= 11 is 0. The number of anilines is 3. The van der Waals surface area contributed by atoms with E-state index in [-0.39, 0.29) is 24.1 Å². The van der Waals surface area contributed by atoms with E-state index in [1.807, 2.05) is 44.2 Å². The van der Waals surface area contributed by atoms with Crippen LogP contribution in [-0.4, -0.2) is 24.3 Å². The van der Waals surface area contributed by atoms with Crippen molar-refractivity contribution in [1.29, 1.82) is 0 Å². The second-order valence-corrected chi connectivity index (χ2v) is 6.94. The van der Waals surface area contributed by atoms with Crippen molar-refractivity contribution in [2.75, 3.05) is 22.1 Å². The van der Waals surface area contributed by atoms with Gasteiger partial charge in [-0.3, -0.25) is 14.4 Å². The van der Waals surface area contributed by atoms with Crippen LogP contribution in [0.2, 0.25) is 0 Å². The van der Waals surface area contributed by atoms with Crippen LogP contribution in [0.1, 0.15) is 24.5 Å². The molecule has 0 radical (unpaired) electrons. The van der Waals surface area contributed by atoms with Gasteiger partial charge in [0.2, 0.25) is 17.7 Å². The molecule has 1 atom stereocenters. The van der Waals surface area contributed by atoms with E-state index in [0.717, 1.165) is 16.8 Å². The fourth-order valence-corrected chi connectivity index (χ4v) is 3.13. The fraction of sp³-hybridized carbons (Fsp3) is 0.286. The molecule has 1 fully saturated rings. The Labute approximate surface area is 158 Å². The van der Waals surface area contributed by atoms with Crippen LogP contribution < -0.4 is 15.5 Å². The number of benzene rings is 2. The van der Waals surface area contributed by atoms with Crippen molar-refractivity contribution in [3.05, 3.63) is 53.6 Å². The highest BCUT2D eigenvalue weighted by molar-refractivity contribution is 6.03. The lowest BCUT2D eigenvalue weighted by molar-refractivity contribution is -0.122. The number of nitrogens with zero attached hydrogens (tertiary/aromatic N) is 1. The van der Waals surface area contributed by atoms with Crippen LogP contribution in [0.15, 0.2) is 42.5 Å². The maximum atomic E-state index is 12.6. The SMILES string of the molecule is CC(=O)Nc1cc(NC(=O)C2CC(=O)N(c3ccc(C)cc3)C2)ccc1C. The molecule has 0 saturated carbocycles. The number of nitrogens with one attached hydrogen (secondary N) is 2. The minimum atomic E-state index is -0.413. The average molecular weight is 365 g/mol. The summed E-state index contributed by atoms with van der Waals surface area (Å²) in [7, 11) is 0. The van der Waals surface area contributed by atoms with Gasteiger partial charge in [0, 0.05) is 37.0 Å². The molecule has 1 saturated heterocycles. The average Bonchev–Trinajstić information content (AvgIpc) is 3.00. The summed E-state index contributed by atoms with van der Waals surface area (Å²) in [6.07, 6.45) is 0.185. The third-order valence-corrected chi connectivity index (χ3v) is 4.66. The number of amides is 3. The molecule has 1 unspecified atom stereocenters. The van der Waals surface area contributed by atoms with E-state index in [0.29, 0.717) is 17.9 Å². The minimum Gasteiger partial charge on any atom is -0.326 e. The Hall–Kier alpha value is -3.15. The van der Waals surface area contributed by atoms with Gasteiger partial charge >= 0.3 is 0 Å². The number of carbonyl (C=O) groups excluding carboxylic acids is 3. The Morgan fingerprint density at radius 2 is 1.74 bits per heavy atom. The molecule has 6 nitrogen and oxygen atoms in total. The van der Waals surface area contributed by atoms with Gasteiger partial charge in [-0.05, 0) is 43.7 Å². The van der Waals surface area contributed by atoms with E-state index < -0.39 is 5.92 Å². The predicted molar refractivity (Wildman–Crippen MR) is 106 cm³/mol. The smallest absolute Gasteiger partial charge is 0.229 e. The second kappa shape index (κ2) is 7.61. The Morgan fingerprint density at radius 1 is 1.04 bits per heavy atom. The van der Waals surface area contributed by atoms with Gasteiger partial charge in [-0.1, -0.05) is 23.8 Å². The van der Waals surface area contributed by atoms with Gasteiger partial charge in [-0.2, -0.15) is 0 Å². The van der Waals surface area contributed by atoms with Gasteiger partial charge in [0.1, 0.15) is 0 Å². The molecule has 2 aromatic rings. The molecule has 0 aromatic heterocycles. The van der Waals surface area contributed by atoms with Crippen molar-refractivity contribution in [3.8, 4) is 0 Å². The van der Waals surface area contributed by atoms with Crippen LogP contribution in [0.4, 0.5) is 17.1 Å². The van der Waals surface area contributed by atoms with E-state index in [1.165, 1.54) is 6.92 Å². The normalized spacial score (nSPS) is 16.3. The zero-order chi connectivity index (χ0) is 19.6. The Morgan fingerprint density at radius 3 is 2.41 bits per heavy atom. The lowest BCUT2D eigenvalue weighted by atomic mass is 10.1. The maximum absolute atomic E-state index is 12.6. The Kier molecular flexibility index (Phi) is 5.26. The highest BCUT2D eigenvalue weighted by Gasteiger charge is 2.35. The van der Waals surface area contributed by atoms with Gasteiger partial charge in [-0.15, -0.1) is 0 Å². The molecule has 1 aliphatic rings. The lowest BCUT2D eigenvalue weighted by Gasteiger charge is -2.17. The van der Waals surface area contributed by atoms with Gasteiger partial charge in [-0.25, -0.2) is 0 Å². The minimum absolute atomic E-state index is 0.0538. The van der Waals surface area contributed by atoms with E-state index in [2.05, 4.69) is 10.6 Å². The van der Waals surface area contributed by atoms with Gasteiger partial charge in [0.05, 0.1) is 5.92 Å². The molecule has 1 aliphatic heterocycles. The standard InChI is InChI=1S/C21H23N3O3/c1-13-4-8-18(9-5-13)24-12-16(10-20(24)26)21(27)23-17-7-6-14(2)19(11-17)22-15(3)25/h4-9,11,16H,10,12H2,1-3H3,(H,22,25)(H,23,27). The maximum Gasteiger partial charge on any atom is 0.229 e. The first-order valence-electron chi connectivity index (χ1n) is 8.89. The van der Waals surface area contributed by atoms with Crippen LogP contribution in [0.3, 0.4) is 0 Å². The quantitative estimate of drug-likeness (QED) is 0.873. The van der Waals surface area contributed by atoms with Crippen LogP contribution in [0.25, 0.3) is 0 Å². The molecule has 140 valence electrons. The molecule has 1 heterocycles. The van der Waals surface area contributed by atoms with Crippen molar-refractivity contribution in [2.24, 2.45) is 5.92 Å². The Bertz CT molecular complexity index is 890. The van der Waals surface area contributed by atoms with Crippen LogP contribution in [0.5, 0.6) is 0 Å². The summed E-state index contributed by atoms with van der Waals surface area (Å²) in [5, 5.41) is 5.60. The highest BCUT2D eigenvalue weighted by atomic mass is 16.2. The predicted octanol–water partition coefficient (Wildman–Crippen LogP) is 3.25. The summed E-state index contributed by atoms with van der Waals surface area (Å²) < 4.78 is 0. The molecule has 0 aliphatic carbocycles. The molecular weight excluding hydrogens is 342 g/mol. The summed E-state index contributed by atoms with van der Waals surface area (Å²) in [5.74, 6) is -0.835. The van der Waals surface area contributed by atoms with Crippen molar-refractivity contribution in [2.45, 2.75) is 27.2 Å². The third kappa shape index (κ3) is 4.34. The lowest BCUT2D eigenvalue weighted by Crippen LogP contribution is -2.28. The van der Waals surface area contributed by atoms with Gasteiger partial charge in [0.15, 0.2) is 0 Å². The van der Waals surface area contributed by atoms with Crippen molar-refractivity contribution < 1.29 is 14.4 Å². The molecule has 6 heteroatoms. The highest BCUT2D eigenvalue weighted by Crippen LogP contribution is 2.27. The van der Waals surface area contributed by atoms with Crippen molar-refractivity contribution >= 4 is 34.8 Å². The summed E-state index contributed by atoms with van der Waals surface area (Å²) in [5.41, 5.74) is 4.09. The van der Waals surface area contributed by atoms with Crippen molar-refractivity contribution in [3.63, 3.8) is 0 Å². The zero-order valence-electron chi connectivity index (χ0n) is 15.7. The molecule has 27 heavy (non-hydrogen) atoms. The zero-order valence-corrected chi connectivity index (χ0v) is 15.7. The number of carbonyl (C=O) groups is 3. The molecule has 3 rings (SSSR count). The molecule has 0 spiro atoms. The number of rotatable bonds is 4.